The third-order valence-corrected chi connectivity index (χ3v) is 6.88. The lowest BCUT2D eigenvalue weighted by molar-refractivity contribution is -0.125. The van der Waals surface area contributed by atoms with E-state index in [2.05, 4.69) is 5.32 Å². The van der Waals surface area contributed by atoms with Crippen molar-refractivity contribution in [3.63, 3.8) is 0 Å². The molecule has 1 fully saturated rings. The van der Waals surface area contributed by atoms with Crippen LogP contribution in [0.4, 0.5) is 0 Å². The standard InChI is InChI=1S/C22H26N2O3S/c1-27-18-6-4-5-15(11-18)14-23-21(25)16-7-8-19-17(12-16)13-20(28-19)22(26)24-9-2-3-10-24/h4-6,11,13,16H,2-3,7-10,12,14H2,1H3,(H,23,25)/t16-/m1/s1. The highest BCUT2D eigenvalue weighted by Crippen LogP contribution is 2.33. The predicted octanol–water partition coefficient (Wildman–Crippen LogP) is 3.41. The highest BCUT2D eigenvalue weighted by molar-refractivity contribution is 7.14. The summed E-state index contributed by atoms with van der Waals surface area (Å²) < 4.78 is 5.23. The Balaban J connectivity index is 1.36. The average Bonchev–Trinajstić information content (AvgIpc) is 3.41. The summed E-state index contributed by atoms with van der Waals surface area (Å²) in [6.07, 6.45) is 4.65. The molecule has 28 heavy (non-hydrogen) atoms. The summed E-state index contributed by atoms with van der Waals surface area (Å²) in [5.41, 5.74) is 2.21. The van der Waals surface area contributed by atoms with Gasteiger partial charge in [0.15, 0.2) is 0 Å². The summed E-state index contributed by atoms with van der Waals surface area (Å²) in [6, 6.07) is 9.77. The molecule has 2 heterocycles. The SMILES string of the molecule is COc1cccc(CNC(=O)[C@@H]2CCc3sc(C(=O)N4CCCC4)cc3C2)c1. The Bertz CT molecular complexity index is 870. The van der Waals surface area contributed by atoms with Gasteiger partial charge in [0, 0.05) is 30.4 Å². The lowest BCUT2D eigenvalue weighted by atomic mass is 9.87. The normalized spacial score (nSPS) is 18.6. The molecule has 0 radical (unpaired) electrons. The number of fused-ring (bicyclic) bond motifs is 1. The fourth-order valence-electron chi connectivity index (χ4n) is 4.04. The molecule has 1 aliphatic carbocycles. The van der Waals surface area contributed by atoms with E-state index in [1.54, 1.807) is 18.4 Å². The number of amides is 2. The second-order valence-corrected chi connectivity index (χ2v) is 8.70. The van der Waals surface area contributed by atoms with Crippen molar-refractivity contribution in [3.05, 3.63) is 51.2 Å². The quantitative estimate of drug-likeness (QED) is 0.840. The maximum absolute atomic E-state index is 12.7. The van der Waals surface area contributed by atoms with Crippen molar-refractivity contribution in [2.75, 3.05) is 20.2 Å². The minimum atomic E-state index is -0.0255. The van der Waals surface area contributed by atoms with Gasteiger partial charge in [-0.1, -0.05) is 12.1 Å². The maximum atomic E-state index is 12.7. The molecule has 2 aliphatic rings. The Labute approximate surface area is 169 Å². The molecule has 5 nitrogen and oxygen atoms in total. The molecule has 1 atom stereocenters. The van der Waals surface area contributed by atoms with E-state index in [0.29, 0.717) is 6.54 Å². The van der Waals surface area contributed by atoms with Crippen LogP contribution in [-0.2, 0) is 24.2 Å². The van der Waals surface area contributed by atoms with Crippen molar-refractivity contribution in [1.29, 1.82) is 0 Å². The highest BCUT2D eigenvalue weighted by atomic mass is 32.1. The summed E-state index contributed by atoms with van der Waals surface area (Å²) in [6.45, 7) is 2.25. The largest absolute Gasteiger partial charge is 0.497 e. The van der Waals surface area contributed by atoms with E-state index in [1.165, 1.54) is 10.4 Å². The lowest BCUT2D eigenvalue weighted by Crippen LogP contribution is -2.33. The first kappa shape index (κ1) is 19.0. The van der Waals surface area contributed by atoms with Gasteiger partial charge in [-0.15, -0.1) is 11.3 Å². The van der Waals surface area contributed by atoms with Crippen LogP contribution in [-0.4, -0.2) is 36.9 Å². The van der Waals surface area contributed by atoms with E-state index in [4.69, 9.17) is 4.74 Å². The molecule has 1 aliphatic heterocycles. The number of methoxy groups -OCH3 is 1. The molecular weight excluding hydrogens is 372 g/mol. The fourth-order valence-corrected chi connectivity index (χ4v) is 5.22. The van der Waals surface area contributed by atoms with Crippen molar-refractivity contribution in [2.45, 2.75) is 38.6 Å². The molecule has 1 aromatic heterocycles. The highest BCUT2D eigenvalue weighted by Gasteiger charge is 2.29. The Morgan fingerprint density at radius 2 is 2.07 bits per heavy atom. The summed E-state index contributed by atoms with van der Waals surface area (Å²) >= 11 is 1.62. The fraction of sp³-hybridized carbons (Fsp3) is 0.455. The average molecular weight is 399 g/mol. The number of rotatable bonds is 5. The van der Waals surface area contributed by atoms with Gasteiger partial charge in [0.05, 0.1) is 12.0 Å². The second kappa shape index (κ2) is 8.35. The Hall–Kier alpha value is -2.34. The summed E-state index contributed by atoms with van der Waals surface area (Å²) in [7, 11) is 1.64. The van der Waals surface area contributed by atoms with E-state index in [9.17, 15) is 9.59 Å². The van der Waals surface area contributed by atoms with Crippen molar-refractivity contribution in [1.82, 2.24) is 10.2 Å². The van der Waals surface area contributed by atoms with Crippen LogP contribution in [0.5, 0.6) is 5.75 Å². The lowest BCUT2D eigenvalue weighted by Gasteiger charge is -2.21. The van der Waals surface area contributed by atoms with Gasteiger partial charge in [0.2, 0.25) is 5.91 Å². The van der Waals surface area contributed by atoms with Gasteiger partial charge in [-0.25, -0.2) is 0 Å². The Morgan fingerprint density at radius 3 is 2.86 bits per heavy atom. The van der Waals surface area contributed by atoms with Crippen LogP contribution in [0.25, 0.3) is 0 Å². The first-order valence-corrected chi connectivity index (χ1v) is 10.8. The van der Waals surface area contributed by atoms with Crippen LogP contribution in [0, 0.1) is 5.92 Å². The van der Waals surface area contributed by atoms with Gasteiger partial charge in [-0.05, 0) is 61.4 Å². The molecule has 2 amide bonds. The molecule has 0 saturated carbocycles. The predicted molar refractivity (Wildman–Crippen MR) is 110 cm³/mol. The van der Waals surface area contributed by atoms with E-state index < -0.39 is 0 Å². The minimum absolute atomic E-state index is 0.0255. The summed E-state index contributed by atoms with van der Waals surface area (Å²) in [4.78, 5) is 29.4. The zero-order valence-corrected chi connectivity index (χ0v) is 17.0. The molecule has 0 spiro atoms. The third kappa shape index (κ3) is 4.07. The first-order valence-electron chi connectivity index (χ1n) is 9.95. The Kier molecular flexibility index (Phi) is 5.67. The van der Waals surface area contributed by atoms with Crippen LogP contribution in [0.1, 0.15) is 44.9 Å². The molecular formula is C22H26N2O3S. The number of nitrogens with one attached hydrogen (secondary N) is 1. The zero-order chi connectivity index (χ0) is 19.5. The third-order valence-electron chi connectivity index (χ3n) is 5.66. The summed E-state index contributed by atoms with van der Waals surface area (Å²) in [5, 5.41) is 3.06. The van der Waals surface area contributed by atoms with Crippen molar-refractivity contribution >= 4 is 23.2 Å². The first-order chi connectivity index (χ1) is 13.6. The number of hydrogen-bond donors (Lipinski definition) is 1. The monoisotopic (exact) mass is 398 g/mol. The van der Waals surface area contributed by atoms with Crippen LogP contribution in [0.3, 0.4) is 0 Å². The number of aryl methyl sites for hydroxylation is 1. The van der Waals surface area contributed by atoms with Crippen LogP contribution in [0.2, 0.25) is 0 Å². The van der Waals surface area contributed by atoms with E-state index in [1.807, 2.05) is 35.2 Å². The topological polar surface area (TPSA) is 58.6 Å². The molecule has 148 valence electrons. The van der Waals surface area contributed by atoms with Crippen LogP contribution < -0.4 is 10.1 Å². The smallest absolute Gasteiger partial charge is 0.263 e. The number of likely N-dealkylation sites (tertiary alicyclic amines) is 1. The van der Waals surface area contributed by atoms with Crippen molar-refractivity contribution in [2.24, 2.45) is 5.92 Å². The molecule has 4 rings (SSSR count). The van der Waals surface area contributed by atoms with E-state index >= 15 is 0 Å². The molecule has 1 saturated heterocycles. The van der Waals surface area contributed by atoms with Crippen LogP contribution in [0.15, 0.2) is 30.3 Å². The molecule has 0 unspecified atom stereocenters. The van der Waals surface area contributed by atoms with Gasteiger partial charge >= 0.3 is 0 Å². The molecule has 2 aromatic rings. The van der Waals surface area contributed by atoms with Gasteiger partial charge in [-0.3, -0.25) is 9.59 Å². The van der Waals surface area contributed by atoms with Gasteiger partial charge in [0.1, 0.15) is 5.75 Å². The maximum Gasteiger partial charge on any atom is 0.263 e. The van der Waals surface area contributed by atoms with Crippen molar-refractivity contribution in [3.8, 4) is 5.75 Å². The minimum Gasteiger partial charge on any atom is -0.497 e. The summed E-state index contributed by atoms with van der Waals surface area (Å²) in [5.74, 6) is 1.02. The second-order valence-electron chi connectivity index (χ2n) is 7.57. The molecule has 1 aromatic carbocycles. The molecule has 1 N–H and O–H groups in total. The number of ether oxygens (including phenoxy) is 1. The van der Waals surface area contributed by atoms with E-state index in [-0.39, 0.29) is 17.7 Å². The van der Waals surface area contributed by atoms with Gasteiger partial charge in [0.25, 0.3) is 5.91 Å². The number of hydrogen-bond acceptors (Lipinski definition) is 4. The van der Waals surface area contributed by atoms with Gasteiger partial charge < -0.3 is 15.0 Å². The zero-order valence-electron chi connectivity index (χ0n) is 16.2. The van der Waals surface area contributed by atoms with Crippen LogP contribution >= 0.6 is 11.3 Å². The van der Waals surface area contributed by atoms with E-state index in [0.717, 1.165) is 61.4 Å². The number of nitrogens with zero attached hydrogens (tertiary/aromatic N) is 1. The number of carbonyl (C=O) groups is 2. The molecule has 0 bridgehead atoms. The number of benzene rings is 1. The Morgan fingerprint density at radius 1 is 1.25 bits per heavy atom. The molecule has 6 heteroatoms. The number of carbonyl (C=O) groups excluding carboxylic acids is 2. The van der Waals surface area contributed by atoms with Crippen molar-refractivity contribution < 1.29 is 14.3 Å². The van der Waals surface area contributed by atoms with Gasteiger partial charge in [-0.2, -0.15) is 0 Å². The number of thiophene rings is 1.